The molecule has 0 aliphatic heterocycles. The molecule has 0 aliphatic rings. The number of nitrogens with zero attached hydrogens (tertiary/aromatic N) is 3. The van der Waals surface area contributed by atoms with Gasteiger partial charge in [-0.1, -0.05) is 48.0 Å². The van der Waals surface area contributed by atoms with Gasteiger partial charge in [-0.15, -0.1) is 0 Å². The van der Waals surface area contributed by atoms with Crippen molar-refractivity contribution < 1.29 is 14.6 Å². The molecule has 35 heavy (non-hydrogen) atoms. The number of fused-ring (bicyclic) bond motifs is 1. The van der Waals surface area contributed by atoms with E-state index in [0.29, 0.717) is 32.4 Å². The molecule has 4 aromatic rings. The second-order valence-electron chi connectivity index (χ2n) is 8.98. The van der Waals surface area contributed by atoms with Crippen molar-refractivity contribution >= 4 is 32.9 Å². The molecule has 2 aromatic carbocycles. The second-order valence-corrected chi connectivity index (χ2v) is 9.89. The van der Waals surface area contributed by atoms with Crippen molar-refractivity contribution in [3.8, 4) is 5.75 Å². The normalized spacial score (nSPS) is 11.7. The van der Waals surface area contributed by atoms with Gasteiger partial charge in [-0.2, -0.15) is 0 Å². The van der Waals surface area contributed by atoms with Crippen molar-refractivity contribution in [3.63, 3.8) is 0 Å². The number of benzene rings is 2. The third-order valence-corrected chi connectivity index (χ3v) is 7.24. The van der Waals surface area contributed by atoms with Crippen LogP contribution in [0.4, 0.5) is 0 Å². The lowest BCUT2D eigenvalue weighted by atomic mass is 9.79. The van der Waals surface area contributed by atoms with Crippen LogP contribution >= 0.6 is 15.9 Å². The molecule has 6 nitrogen and oxygen atoms in total. The minimum absolute atomic E-state index is 0.365. The van der Waals surface area contributed by atoms with E-state index in [0.717, 1.165) is 43.9 Å². The van der Waals surface area contributed by atoms with Gasteiger partial charge in [-0.3, -0.25) is 9.78 Å². The topological polar surface area (TPSA) is 77.2 Å². The number of halogens is 1. The Bertz CT molecular complexity index is 1310. The van der Waals surface area contributed by atoms with E-state index in [1.165, 1.54) is 0 Å². The lowest BCUT2D eigenvalue weighted by molar-refractivity contribution is -0.149. The van der Waals surface area contributed by atoms with Crippen molar-refractivity contribution in [3.05, 3.63) is 87.9 Å². The first-order valence-electron chi connectivity index (χ1n) is 11.8. The number of ether oxygens (including phenoxy) is 1. The van der Waals surface area contributed by atoms with Crippen LogP contribution in [0.1, 0.15) is 49.3 Å². The fourth-order valence-corrected chi connectivity index (χ4v) is 4.51. The van der Waals surface area contributed by atoms with Gasteiger partial charge in [0.2, 0.25) is 0 Å². The summed E-state index contributed by atoms with van der Waals surface area (Å²) in [5.41, 5.74) is 3.97. The number of hydrogen-bond donors (Lipinski definition) is 1. The van der Waals surface area contributed by atoms with Gasteiger partial charge in [-0.25, -0.2) is 4.98 Å². The second kappa shape index (κ2) is 10.6. The highest BCUT2D eigenvalue weighted by atomic mass is 79.9. The van der Waals surface area contributed by atoms with Gasteiger partial charge in [0.05, 0.1) is 22.1 Å². The Kier molecular flexibility index (Phi) is 7.55. The van der Waals surface area contributed by atoms with Gasteiger partial charge in [0.1, 0.15) is 18.2 Å². The summed E-state index contributed by atoms with van der Waals surface area (Å²) in [6, 6.07) is 18.0. The van der Waals surface area contributed by atoms with Gasteiger partial charge in [-0.05, 0) is 61.2 Å². The Morgan fingerprint density at radius 1 is 1.09 bits per heavy atom. The number of carboxylic acids is 1. The third kappa shape index (κ3) is 5.56. The van der Waals surface area contributed by atoms with Gasteiger partial charge in [0, 0.05) is 29.7 Å². The summed E-state index contributed by atoms with van der Waals surface area (Å²) in [4.78, 5) is 21.5. The highest BCUT2D eigenvalue weighted by Gasteiger charge is 2.36. The molecule has 2 heterocycles. The number of aliphatic carboxylic acids is 1. The molecule has 2 aromatic heterocycles. The van der Waals surface area contributed by atoms with E-state index < -0.39 is 11.4 Å². The molecule has 0 spiro atoms. The van der Waals surface area contributed by atoms with E-state index in [9.17, 15) is 9.90 Å². The predicted octanol–water partition coefficient (Wildman–Crippen LogP) is 6.56. The number of aryl methyl sites for hydroxylation is 1. The maximum absolute atomic E-state index is 12.2. The first kappa shape index (κ1) is 24.9. The maximum Gasteiger partial charge on any atom is 0.310 e. The molecule has 4 rings (SSSR count). The predicted molar refractivity (Wildman–Crippen MR) is 141 cm³/mol. The van der Waals surface area contributed by atoms with Crippen molar-refractivity contribution in [2.24, 2.45) is 5.41 Å². The molecule has 0 atom stereocenters. The number of carboxylic acid groups (broad SMARTS) is 1. The van der Waals surface area contributed by atoms with Crippen LogP contribution in [-0.4, -0.2) is 25.6 Å². The van der Waals surface area contributed by atoms with E-state index in [1.54, 1.807) is 0 Å². The van der Waals surface area contributed by atoms with Crippen LogP contribution in [-0.2, 0) is 24.4 Å². The molecular formula is C28H30BrN3O3. The quantitative estimate of drug-likeness (QED) is 0.248. The first-order valence-corrected chi connectivity index (χ1v) is 12.6. The van der Waals surface area contributed by atoms with Gasteiger partial charge in [0.15, 0.2) is 0 Å². The summed E-state index contributed by atoms with van der Waals surface area (Å²) in [5.74, 6) is 0.713. The molecule has 0 fully saturated rings. The zero-order chi connectivity index (χ0) is 25.0. The van der Waals surface area contributed by atoms with Gasteiger partial charge in [0.25, 0.3) is 0 Å². The monoisotopic (exact) mass is 535 g/mol. The molecule has 0 radical (unpaired) electrons. The number of pyridine rings is 1. The zero-order valence-electron chi connectivity index (χ0n) is 20.3. The molecule has 0 unspecified atom stereocenters. The van der Waals surface area contributed by atoms with Crippen LogP contribution in [0.5, 0.6) is 5.75 Å². The summed E-state index contributed by atoms with van der Waals surface area (Å²) in [6.45, 7) is 6.83. The van der Waals surface area contributed by atoms with Crippen LogP contribution in [0.25, 0.3) is 11.0 Å². The zero-order valence-corrected chi connectivity index (χ0v) is 21.9. The average molecular weight is 536 g/mol. The Labute approximate surface area is 214 Å². The van der Waals surface area contributed by atoms with E-state index in [-0.39, 0.29) is 0 Å². The van der Waals surface area contributed by atoms with E-state index in [1.807, 2.05) is 69.4 Å². The average Bonchev–Trinajstić information content (AvgIpc) is 3.19. The molecule has 0 aliphatic carbocycles. The van der Waals surface area contributed by atoms with Crippen LogP contribution in [0, 0.1) is 12.3 Å². The Balaban J connectivity index is 1.72. The summed E-state index contributed by atoms with van der Waals surface area (Å²) in [7, 11) is 0. The minimum atomic E-state index is -0.852. The molecule has 0 saturated carbocycles. The summed E-state index contributed by atoms with van der Waals surface area (Å²) >= 11 is 3.50. The third-order valence-electron chi connectivity index (χ3n) is 6.72. The van der Waals surface area contributed by atoms with Crippen molar-refractivity contribution in [1.29, 1.82) is 0 Å². The molecule has 182 valence electrons. The highest BCUT2D eigenvalue weighted by molar-refractivity contribution is 9.10. The summed E-state index contributed by atoms with van der Waals surface area (Å²) < 4.78 is 9.18. The van der Waals surface area contributed by atoms with E-state index in [2.05, 4.69) is 37.6 Å². The first-order chi connectivity index (χ1) is 16.8. The molecule has 7 heteroatoms. The molecular weight excluding hydrogens is 506 g/mol. The smallest absolute Gasteiger partial charge is 0.310 e. The van der Waals surface area contributed by atoms with Crippen LogP contribution in [0.3, 0.4) is 0 Å². The Hall–Kier alpha value is -3.19. The summed E-state index contributed by atoms with van der Waals surface area (Å²) in [6.07, 6.45) is 3.28. The molecule has 0 amide bonds. The standard InChI is InChI=1S/C28H30BrN3O3/c1-4-28(5-2,27(33)34)15-26-31-24-13-12-23(35-18-22-11-6-19(3)16-30-22)14-25(24)32(26)17-20-7-9-21(29)10-8-20/h6-14,16H,4-5,15,17-18H2,1-3H3,(H,33,34). The van der Waals surface area contributed by atoms with Crippen LogP contribution in [0.2, 0.25) is 0 Å². The number of carbonyl (C=O) groups is 1. The Morgan fingerprint density at radius 3 is 2.46 bits per heavy atom. The SMILES string of the molecule is CCC(CC)(Cc1nc2ccc(OCc3ccc(C)cn3)cc2n1Cc1ccc(Br)cc1)C(=O)O. The maximum atomic E-state index is 12.2. The largest absolute Gasteiger partial charge is 0.487 e. The summed E-state index contributed by atoms with van der Waals surface area (Å²) in [5, 5.41) is 10.0. The van der Waals surface area contributed by atoms with Crippen molar-refractivity contribution in [2.45, 2.75) is 53.2 Å². The number of imidazole rings is 1. The molecule has 1 N–H and O–H groups in total. The number of hydrogen-bond acceptors (Lipinski definition) is 4. The van der Waals surface area contributed by atoms with Gasteiger partial charge < -0.3 is 14.4 Å². The fourth-order valence-electron chi connectivity index (χ4n) is 4.25. The van der Waals surface area contributed by atoms with E-state index >= 15 is 0 Å². The lowest BCUT2D eigenvalue weighted by Gasteiger charge is -2.26. The van der Waals surface area contributed by atoms with E-state index in [4.69, 9.17) is 9.72 Å². The minimum Gasteiger partial charge on any atom is -0.487 e. The molecule has 0 bridgehead atoms. The molecule has 0 saturated heterocycles. The van der Waals surface area contributed by atoms with Gasteiger partial charge >= 0.3 is 5.97 Å². The van der Waals surface area contributed by atoms with Crippen molar-refractivity contribution in [2.75, 3.05) is 0 Å². The van der Waals surface area contributed by atoms with Crippen LogP contribution in [0.15, 0.2) is 65.3 Å². The fraction of sp³-hybridized carbons (Fsp3) is 0.321. The highest BCUT2D eigenvalue weighted by Crippen LogP contribution is 2.33. The van der Waals surface area contributed by atoms with Crippen molar-refractivity contribution in [1.82, 2.24) is 14.5 Å². The lowest BCUT2D eigenvalue weighted by Crippen LogP contribution is -2.33. The Morgan fingerprint density at radius 2 is 1.83 bits per heavy atom. The number of aromatic nitrogens is 3. The number of rotatable bonds is 10. The van der Waals surface area contributed by atoms with Crippen LogP contribution < -0.4 is 4.74 Å².